The monoisotopic (exact) mass is 467 g/mol. The summed E-state index contributed by atoms with van der Waals surface area (Å²) in [5.41, 5.74) is 0.699. The maximum atomic E-state index is 13.2. The third-order valence-corrected chi connectivity index (χ3v) is 4.95. The van der Waals surface area contributed by atoms with Crippen molar-refractivity contribution in [1.29, 1.82) is 0 Å². The molecule has 0 atom stereocenters. The molecule has 0 aliphatic carbocycles. The number of nitrogens with zero attached hydrogens (tertiary/aromatic N) is 2. The average molecular weight is 468 g/mol. The van der Waals surface area contributed by atoms with Gasteiger partial charge in [0.25, 0.3) is 0 Å². The number of anilines is 1. The molecule has 3 N–H and O–H groups in total. The predicted octanol–water partition coefficient (Wildman–Crippen LogP) is 3.26. The third-order valence-electron chi connectivity index (χ3n) is 3.86. The third kappa shape index (κ3) is 6.15. The van der Waals surface area contributed by atoms with Crippen LogP contribution in [0.1, 0.15) is 0 Å². The molecule has 12 heteroatoms. The van der Waals surface area contributed by atoms with E-state index in [2.05, 4.69) is 25.8 Å². The van der Waals surface area contributed by atoms with Crippen molar-refractivity contribution in [2.45, 2.75) is 5.16 Å². The molecular formula is C19H16ClF2N5O3S. The van der Waals surface area contributed by atoms with Gasteiger partial charge in [0.1, 0.15) is 5.75 Å². The Morgan fingerprint density at radius 1 is 1.16 bits per heavy atom. The highest BCUT2D eigenvalue weighted by Gasteiger charge is 2.14. The highest BCUT2D eigenvalue weighted by molar-refractivity contribution is 7.99. The maximum absolute atomic E-state index is 13.2. The van der Waals surface area contributed by atoms with E-state index in [-0.39, 0.29) is 18.0 Å². The first-order valence-corrected chi connectivity index (χ1v) is 10.1. The SMILES string of the molecule is COc1ccc(Cl)cc1-c1nc(SCC(=O)NCC(=O)Nc2ccc(F)c(F)c2)n[nH]1. The molecule has 0 spiro atoms. The van der Waals surface area contributed by atoms with Crippen LogP contribution < -0.4 is 15.4 Å². The highest BCUT2D eigenvalue weighted by Crippen LogP contribution is 2.31. The predicted molar refractivity (Wildman–Crippen MR) is 112 cm³/mol. The molecule has 31 heavy (non-hydrogen) atoms. The fourth-order valence-corrected chi connectivity index (χ4v) is 3.24. The molecule has 0 radical (unpaired) electrons. The first-order chi connectivity index (χ1) is 14.9. The van der Waals surface area contributed by atoms with E-state index in [4.69, 9.17) is 16.3 Å². The number of hydrogen-bond acceptors (Lipinski definition) is 6. The van der Waals surface area contributed by atoms with Gasteiger partial charge in [0.15, 0.2) is 17.5 Å². The quantitative estimate of drug-likeness (QED) is 0.439. The molecule has 1 aromatic heterocycles. The number of carbonyl (C=O) groups is 2. The van der Waals surface area contributed by atoms with E-state index < -0.39 is 23.4 Å². The number of nitrogens with one attached hydrogen (secondary N) is 3. The van der Waals surface area contributed by atoms with Crippen LogP contribution in [0, 0.1) is 11.6 Å². The van der Waals surface area contributed by atoms with Crippen LogP contribution >= 0.6 is 23.4 Å². The standard InChI is InChI=1S/C19H16ClF2N5O3S/c1-30-15-5-2-10(20)6-12(15)18-25-19(27-26-18)31-9-17(29)23-8-16(28)24-11-3-4-13(21)14(22)7-11/h2-7H,8-9H2,1H3,(H,23,29)(H,24,28)(H,25,26,27). The number of H-pyrrole nitrogens is 1. The second-order valence-corrected chi connectivity index (χ2v) is 7.43. The van der Waals surface area contributed by atoms with Crippen molar-refractivity contribution in [3.05, 3.63) is 53.1 Å². The van der Waals surface area contributed by atoms with Crippen molar-refractivity contribution < 1.29 is 23.1 Å². The Labute approximate surface area is 184 Å². The van der Waals surface area contributed by atoms with Crippen LogP contribution in [0.25, 0.3) is 11.4 Å². The van der Waals surface area contributed by atoms with Gasteiger partial charge in [-0.2, -0.15) is 0 Å². The summed E-state index contributed by atoms with van der Waals surface area (Å²) in [5.74, 6) is -2.18. The number of halogens is 3. The zero-order valence-corrected chi connectivity index (χ0v) is 17.6. The Morgan fingerprint density at radius 2 is 1.97 bits per heavy atom. The molecule has 0 bridgehead atoms. The number of thioether (sulfide) groups is 1. The van der Waals surface area contributed by atoms with E-state index >= 15 is 0 Å². The van der Waals surface area contributed by atoms with Gasteiger partial charge in [-0.15, -0.1) is 5.10 Å². The van der Waals surface area contributed by atoms with E-state index in [0.717, 1.165) is 23.9 Å². The second-order valence-electron chi connectivity index (χ2n) is 6.05. The van der Waals surface area contributed by atoms with Gasteiger partial charge in [-0.05, 0) is 30.3 Å². The lowest BCUT2D eigenvalue weighted by atomic mass is 10.2. The van der Waals surface area contributed by atoms with Crippen LogP contribution in [-0.4, -0.2) is 46.4 Å². The summed E-state index contributed by atoms with van der Waals surface area (Å²) < 4.78 is 31.3. The topological polar surface area (TPSA) is 109 Å². The van der Waals surface area contributed by atoms with Crippen molar-refractivity contribution in [1.82, 2.24) is 20.5 Å². The Balaban J connectivity index is 1.48. The van der Waals surface area contributed by atoms with Gasteiger partial charge in [-0.3, -0.25) is 14.7 Å². The van der Waals surface area contributed by atoms with Crippen LogP contribution in [0.4, 0.5) is 14.5 Å². The van der Waals surface area contributed by atoms with E-state index in [9.17, 15) is 18.4 Å². The van der Waals surface area contributed by atoms with Crippen LogP contribution in [0.5, 0.6) is 5.75 Å². The van der Waals surface area contributed by atoms with Gasteiger partial charge in [-0.25, -0.2) is 13.8 Å². The molecule has 0 fully saturated rings. The average Bonchev–Trinajstić information content (AvgIpc) is 3.22. The van der Waals surface area contributed by atoms with Gasteiger partial charge in [0.2, 0.25) is 17.0 Å². The Kier molecular flexibility index (Phi) is 7.42. The fraction of sp³-hybridized carbons (Fsp3) is 0.158. The van der Waals surface area contributed by atoms with Gasteiger partial charge >= 0.3 is 0 Å². The maximum Gasteiger partial charge on any atom is 0.243 e. The number of benzene rings is 2. The molecule has 1 heterocycles. The summed E-state index contributed by atoms with van der Waals surface area (Å²) in [5, 5.41) is 12.4. The van der Waals surface area contributed by atoms with E-state index in [0.29, 0.717) is 27.3 Å². The van der Waals surface area contributed by atoms with E-state index in [1.807, 2.05) is 0 Å². The van der Waals surface area contributed by atoms with Crippen molar-refractivity contribution >= 4 is 40.9 Å². The molecule has 2 amide bonds. The minimum atomic E-state index is -1.08. The van der Waals surface area contributed by atoms with Gasteiger partial charge < -0.3 is 15.4 Å². The zero-order chi connectivity index (χ0) is 22.4. The molecule has 3 aromatic rings. The molecule has 0 saturated heterocycles. The molecule has 3 rings (SSSR count). The van der Waals surface area contributed by atoms with E-state index in [1.54, 1.807) is 18.2 Å². The lowest BCUT2D eigenvalue weighted by molar-refractivity contribution is -0.122. The lowest BCUT2D eigenvalue weighted by Gasteiger charge is -2.07. The Bertz CT molecular complexity index is 1110. The Morgan fingerprint density at radius 3 is 2.71 bits per heavy atom. The molecule has 162 valence electrons. The summed E-state index contributed by atoms with van der Waals surface area (Å²) >= 11 is 7.07. The summed E-state index contributed by atoms with van der Waals surface area (Å²) in [6.45, 7) is -0.336. The molecule has 0 unspecified atom stereocenters. The van der Waals surface area contributed by atoms with E-state index in [1.165, 1.54) is 13.2 Å². The lowest BCUT2D eigenvalue weighted by Crippen LogP contribution is -2.33. The van der Waals surface area contributed by atoms with Crippen molar-refractivity contribution in [3.63, 3.8) is 0 Å². The number of aromatic nitrogens is 3. The molecule has 0 saturated carbocycles. The van der Waals surface area contributed by atoms with Crippen LogP contribution in [0.3, 0.4) is 0 Å². The number of carbonyl (C=O) groups excluding carboxylic acids is 2. The second kappa shape index (κ2) is 10.2. The zero-order valence-electron chi connectivity index (χ0n) is 16.0. The number of ether oxygens (including phenoxy) is 1. The summed E-state index contributed by atoms with van der Waals surface area (Å²) in [6.07, 6.45) is 0. The van der Waals surface area contributed by atoms with Crippen molar-refractivity contribution in [2.24, 2.45) is 0 Å². The molecule has 0 aliphatic heterocycles. The van der Waals surface area contributed by atoms with Gasteiger partial charge in [-0.1, -0.05) is 23.4 Å². The minimum absolute atomic E-state index is 0.0393. The molecule has 8 nitrogen and oxygen atoms in total. The first kappa shape index (κ1) is 22.5. The number of amides is 2. The van der Waals surface area contributed by atoms with Gasteiger partial charge in [0.05, 0.1) is 25.0 Å². The molecule has 0 aliphatic rings. The highest BCUT2D eigenvalue weighted by atomic mass is 35.5. The molecular weight excluding hydrogens is 452 g/mol. The smallest absolute Gasteiger partial charge is 0.243 e. The fourth-order valence-electron chi connectivity index (χ4n) is 2.44. The normalized spacial score (nSPS) is 10.6. The number of aromatic amines is 1. The first-order valence-electron chi connectivity index (χ1n) is 8.76. The van der Waals surface area contributed by atoms with Crippen LogP contribution in [0.2, 0.25) is 5.02 Å². The van der Waals surface area contributed by atoms with Crippen LogP contribution in [0.15, 0.2) is 41.6 Å². The van der Waals surface area contributed by atoms with Crippen molar-refractivity contribution in [3.8, 4) is 17.1 Å². The van der Waals surface area contributed by atoms with Gasteiger partial charge in [0, 0.05) is 16.8 Å². The number of rotatable bonds is 8. The summed E-state index contributed by atoms with van der Waals surface area (Å²) in [7, 11) is 1.52. The van der Waals surface area contributed by atoms with Crippen LogP contribution in [-0.2, 0) is 9.59 Å². The minimum Gasteiger partial charge on any atom is -0.496 e. The Hall–Kier alpha value is -3.18. The summed E-state index contributed by atoms with van der Waals surface area (Å²) in [6, 6.07) is 8.01. The number of hydrogen-bond donors (Lipinski definition) is 3. The largest absolute Gasteiger partial charge is 0.496 e. The summed E-state index contributed by atoms with van der Waals surface area (Å²) in [4.78, 5) is 28.1. The number of methoxy groups -OCH3 is 1. The van der Waals surface area contributed by atoms with Crippen molar-refractivity contribution in [2.75, 3.05) is 24.7 Å². The molecule has 2 aromatic carbocycles.